The van der Waals surface area contributed by atoms with Gasteiger partial charge in [-0.05, 0) is 90.9 Å². The molecule has 2 aliphatic carbocycles. The molecule has 4 rings (SSSR count). The number of hydrogen-bond acceptors (Lipinski definition) is 0. The molecule has 0 aliphatic heterocycles. The highest BCUT2D eigenvalue weighted by atomic mass is 19.1. The zero-order valence-corrected chi connectivity index (χ0v) is 23.0. The summed E-state index contributed by atoms with van der Waals surface area (Å²) in [5.41, 5.74) is 5.45. The summed E-state index contributed by atoms with van der Waals surface area (Å²) in [4.78, 5) is 0. The summed E-state index contributed by atoms with van der Waals surface area (Å²) in [5, 5.41) is 0. The van der Waals surface area contributed by atoms with Crippen molar-refractivity contribution in [2.75, 3.05) is 6.67 Å². The van der Waals surface area contributed by atoms with Gasteiger partial charge in [-0.2, -0.15) is 0 Å². The highest BCUT2D eigenvalue weighted by Gasteiger charge is 2.25. The Morgan fingerprint density at radius 1 is 0.583 bits per heavy atom. The number of halogens is 1. The van der Waals surface area contributed by atoms with Crippen molar-refractivity contribution in [3.8, 4) is 11.1 Å². The molecule has 0 bridgehead atoms. The maximum atomic E-state index is 12.3. The molecule has 0 aromatic heterocycles. The molecule has 2 aromatic carbocycles. The Hall–Kier alpha value is -1.63. The Morgan fingerprint density at radius 2 is 1.11 bits per heavy atom. The molecule has 2 saturated carbocycles. The standard InChI is InChI=1S/C35H51F/c1-2-3-4-7-28-9-11-30(12-10-28)13-14-31-17-21-33(22-18-31)35-25-23-34(24-26-35)32-19-15-29(16-20-32)8-5-6-27-36/h15-16,19-20,23-26,28,30-31,33H,2-14,17-18,21-22,27H2,1H3/t28-,30-,31?,33?. The molecule has 0 heterocycles. The molecule has 0 nitrogen and oxygen atoms in total. The maximum absolute atomic E-state index is 12.3. The van der Waals surface area contributed by atoms with E-state index in [0.29, 0.717) is 6.42 Å². The first-order chi connectivity index (χ1) is 17.7. The molecule has 2 fully saturated rings. The summed E-state index contributed by atoms with van der Waals surface area (Å²) >= 11 is 0. The molecular formula is C35H51F. The van der Waals surface area contributed by atoms with E-state index >= 15 is 0 Å². The van der Waals surface area contributed by atoms with E-state index in [4.69, 9.17) is 0 Å². The second-order valence-electron chi connectivity index (χ2n) is 12.1. The minimum absolute atomic E-state index is 0.202. The summed E-state index contributed by atoms with van der Waals surface area (Å²) in [6.07, 6.45) is 23.0. The molecule has 0 radical (unpaired) electrons. The van der Waals surface area contributed by atoms with Crippen LogP contribution in [-0.2, 0) is 6.42 Å². The van der Waals surface area contributed by atoms with Gasteiger partial charge in [0.15, 0.2) is 0 Å². The smallest absolute Gasteiger partial charge is 0.0894 e. The average Bonchev–Trinajstić information content (AvgIpc) is 2.94. The minimum Gasteiger partial charge on any atom is -0.251 e. The van der Waals surface area contributed by atoms with Gasteiger partial charge in [0.25, 0.3) is 0 Å². The van der Waals surface area contributed by atoms with Gasteiger partial charge in [-0.25, -0.2) is 0 Å². The van der Waals surface area contributed by atoms with Gasteiger partial charge in [0, 0.05) is 0 Å². The van der Waals surface area contributed by atoms with Gasteiger partial charge in [-0.15, -0.1) is 0 Å². The van der Waals surface area contributed by atoms with E-state index in [1.54, 1.807) is 5.56 Å². The Kier molecular flexibility index (Phi) is 11.4. The molecule has 0 N–H and O–H groups in total. The van der Waals surface area contributed by atoms with Crippen molar-refractivity contribution in [3.05, 3.63) is 59.7 Å². The van der Waals surface area contributed by atoms with E-state index in [1.807, 2.05) is 0 Å². The lowest BCUT2D eigenvalue weighted by molar-refractivity contribution is 0.222. The van der Waals surface area contributed by atoms with E-state index in [9.17, 15) is 4.39 Å². The fraction of sp³-hybridized carbons (Fsp3) is 0.657. The maximum Gasteiger partial charge on any atom is 0.0894 e. The molecule has 2 aliphatic rings. The Labute approximate surface area is 221 Å². The van der Waals surface area contributed by atoms with Crippen LogP contribution < -0.4 is 0 Å². The van der Waals surface area contributed by atoms with Crippen LogP contribution in [0.5, 0.6) is 0 Å². The fourth-order valence-electron chi connectivity index (χ4n) is 6.98. The van der Waals surface area contributed by atoms with E-state index in [-0.39, 0.29) is 6.67 Å². The summed E-state index contributed by atoms with van der Waals surface area (Å²) in [6, 6.07) is 18.3. The first kappa shape index (κ1) is 27.4. The molecule has 0 unspecified atom stereocenters. The summed E-state index contributed by atoms with van der Waals surface area (Å²) in [6.45, 7) is 2.12. The average molecular weight is 491 g/mol. The van der Waals surface area contributed by atoms with Crippen molar-refractivity contribution < 1.29 is 4.39 Å². The van der Waals surface area contributed by atoms with Crippen molar-refractivity contribution in [2.45, 2.75) is 122 Å². The molecule has 36 heavy (non-hydrogen) atoms. The lowest BCUT2D eigenvalue weighted by Gasteiger charge is -2.32. The zero-order chi connectivity index (χ0) is 25.0. The number of aryl methyl sites for hydroxylation is 1. The molecule has 0 spiro atoms. The monoisotopic (exact) mass is 490 g/mol. The Balaban J connectivity index is 1.15. The molecular weight excluding hydrogens is 439 g/mol. The number of rotatable bonds is 13. The molecule has 0 saturated heterocycles. The quantitative estimate of drug-likeness (QED) is 0.245. The van der Waals surface area contributed by atoms with E-state index in [2.05, 4.69) is 55.5 Å². The predicted octanol–water partition coefficient (Wildman–Crippen LogP) is 11.1. The van der Waals surface area contributed by atoms with Crippen molar-refractivity contribution in [2.24, 2.45) is 17.8 Å². The van der Waals surface area contributed by atoms with Crippen LogP contribution in [0.1, 0.15) is 127 Å². The number of unbranched alkanes of at least 4 members (excludes halogenated alkanes) is 3. The number of hydrogen-bond donors (Lipinski definition) is 0. The van der Waals surface area contributed by atoms with Crippen LogP contribution in [0.4, 0.5) is 4.39 Å². The third-order valence-corrected chi connectivity index (χ3v) is 9.53. The van der Waals surface area contributed by atoms with E-state index in [1.165, 1.54) is 107 Å². The number of alkyl halides is 1. The van der Waals surface area contributed by atoms with Crippen molar-refractivity contribution in [1.82, 2.24) is 0 Å². The van der Waals surface area contributed by atoms with Gasteiger partial charge in [0.2, 0.25) is 0 Å². The Bertz CT molecular complexity index is 835. The topological polar surface area (TPSA) is 0 Å². The molecule has 0 atom stereocenters. The van der Waals surface area contributed by atoms with Gasteiger partial charge < -0.3 is 0 Å². The normalized spacial score (nSPS) is 24.6. The SMILES string of the molecule is CCCCC[C@H]1CC[C@H](CCC2CCC(c3ccc(-c4ccc(CCCCF)cc4)cc3)CC2)CC1. The lowest BCUT2D eigenvalue weighted by Crippen LogP contribution is -2.17. The van der Waals surface area contributed by atoms with E-state index < -0.39 is 0 Å². The number of benzene rings is 2. The molecule has 198 valence electrons. The van der Waals surface area contributed by atoms with Gasteiger partial charge in [0.1, 0.15) is 0 Å². The predicted molar refractivity (Wildman–Crippen MR) is 154 cm³/mol. The lowest BCUT2D eigenvalue weighted by atomic mass is 9.74. The van der Waals surface area contributed by atoms with Crippen LogP contribution >= 0.6 is 0 Å². The molecule has 2 aromatic rings. The van der Waals surface area contributed by atoms with Gasteiger partial charge in [-0.3, -0.25) is 4.39 Å². The summed E-state index contributed by atoms with van der Waals surface area (Å²) in [5.74, 6) is 3.81. The van der Waals surface area contributed by atoms with Crippen molar-refractivity contribution in [1.29, 1.82) is 0 Å². The van der Waals surface area contributed by atoms with Gasteiger partial charge in [-0.1, -0.05) is 120 Å². The van der Waals surface area contributed by atoms with Gasteiger partial charge >= 0.3 is 0 Å². The van der Waals surface area contributed by atoms with Crippen LogP contribution in [0.3, 0.4) is 0 Å². The van der Waals surface area contributed by atoms with Crippen molar-refractivity contribution in [3.63, 3.8) is 0 Å². The molecule has 0 amide bonds. The molecule has 1 heteroatoms. The highest BCUT2D eigenvalue weighted by molar-refractivity contribution is 5.64. The van der Waals surface area contributed by atoms with Crippen molar-refractivity contribution >= 4 is 0 Å². The van der Waals surface area contributed by atoms with Crippen LogP contribution in [0, 0.1) is 17.8 Å². The largest absolute Gasteiger partial charge is 0.251 e. The minimum atomic E-state index is -0.202. The van der Waals surface area contributed by atoms with Crippen LogP contribution in [0.25, 0.3) is 11.1 Å². The summed E-state index contributed by atoms with van der Waals surface area (Å²) < 4.78 is 12.3. The highest BCUT2D eigenvalue weighted by Crippen LogP contribution is 2.40. The second kappa shape index (κ2) is 14.9. The second-order valence-corrected chi connectivity index (χ2v) is 12.1. The Morgan fingerprint density at radius 3 is 1.67 bits per heavy atom. The summed E-state index contributed by atoms with van der Waals surface area (Å²) in [7, 11) is 0. The fourth-order valence-corrected chi connectivity index (χ4v) is 6.98. The van der Waals surface area contributed by atoms with Crippen LogP contribution in [-0.4, -0.2) is 6.67 Å². The third-order valence-electron chi connectivity index (χ3n) is 9.53. The first-order valence-corrected chi connectivity index (χ1v) is 15.5. The van der Waals surface area contributed by atoms with Crippen LogP contribution in [0.2, 0.25) is 0 Å². The third kappa shape index (κ3) is 8.46. The first-order valence-electron chi connectivity index (χ1n) is 15.5. The zero-order valence-electron chi connectivity index (χ0n) is 23.0. The van der Waals surface area contributed by atoms with Crippen LogP contribution in [0.15, 0.2) is 48.5 Å². The van der Waals surface area contributed by atoms with E-state index in [0.717, 1.165) is 36.5 Å². The van der Waals surface area contributed by atoms with Gasteiger partial charge in [0.05, 0.1) is 6.67 Å².